The molecule has 0 radical (unpaired) electrons. The molecule has 0 aliphatic carbocycles. The molecule has 0 spiro atoms. The Kier molecular flexibility index (Phi) is 7.17. The smallest absolute Gasteiger partial charge is 0.341 e. The number of thiophene rings is 1. The zero-order chi connectivity index (χ0) is 25.1. The molecule has 4 rings (SSSR count). The van der Waals surface area contributed by atoms with Gasteiger partial charge in [0.05, 0.1) is 12.1 Å². The second kappa shape index (κ2) is 10.3. The van der Waals surface area contributed by atoms with Gasteiger partial charge in [-0.05, 0) is 43.9 Å². The average molecular weight is 489 g/mol. The minimum absolute atomic E-state index is 0.220. The van der Waals surface area contributed by atoms with Crippen LogP contribution in [0.2, 0.25) is 0 Å². The van der Waals surface area contributed by atoms with Crippen molar-refractivity contribution in [2.75, 3.05) is 11.9 Å². The van der Waals surface area contributed by atoms with E-state index < -0.39 is 12.0 Å². The van der Waals surface area contributed by atoms with Gasteiger partial charge in [0.1, 0.15) is 16.6 Å². The Labute approximate surface area is 208 Å². The van der Waals surface area contributed by atoms with Crippen LogP contribution in [0.1, 0.15) is 47.8 Å². The number of amides is 1. The molecule has 4 aromatic rings. The van der Waals surface area contributed by atoms with Crippen LogP contribution in [0.3, 0.4) is 0 Å². The number of anilines is 1. The molecule has 2 heterocycles. The number of rotatable bonds is 7. The first-order chi connectivity index (χ1) is 16.9. The molecule has 0 aliphatic heterocycles. The summed E-state index contributed by atoms with van der Waals surface area (Å²) in [7, 11) is 0. The third-order valence-electron chi connectivity index (χ3n) is 6.07. The second-order valence-corrected chi connectivity index (χ2v) is 9.24. The van der Waals surface area contributed by atoms with Crippen molar-refractivity contribution >= 4 is 39.1 Å². The van der Waals surface area contributed by atoms with Crippen LogP contribution in [0.25, 0.3) is 22.0 Å². The molecule has 0 saturated heterocycles. The lowest BCUT2D eigenvalue weighted by molar-refractivity contribution is -0.119. The van der Waals surface area contributed by atoms with E-state index in [2.05, 4.69) is 5.32 Å². The summed E-state index contributed by atoms with van der Waals surface area (Å²) in [6, 6.07) is 16.2. The summed E-state index contributed by atoms with van der Waals surface area (Å²) < 4.78 is 6.88. The van der Waals surface area contributed by atoms with Gasteiger partial charge < -0.3 is 10.1 Å². The number of aryl methyl sites for hydroxylation is 2. The number of esters is 1. The predicted molar refractivity (Wildman–Crippen MR) is 141 cm³/mol. The summed E-state index contributed by atoms with van der Waals surface area (Å²) in [5.41, 5.74) is 4.19. The van der Waals surface area contributed by atoms with Gasteiger partial charge in [0.15, 0.2) is 0 Å². The van der Waals surface area contributed by atoms with Gasteiger partial charge in [-0.15, -0.1) is 11.3 Å². The number of para-hydroxylation sites is 1. The number of nitrogens with zero attached hydrogens (tertiary/aromatic N) is 1. The van der Waals surface area contributed by atoms with Gasteiger partial charge in [0.25, 0.3) is 5.56 Å². The molecule has 180 valence electrons. The zero-order valence-corrected chi connectivity index (χ0v) is 21.1. The number of carbonyl (C=O) groups excluding carboxylic acids is 2. The molecule has 1 amide bonds. The maximum absolute atomic E-state index is 13.6. The van der Waals surface area contributed by atoms with E-state index in [-0.39, 0.29) is 18.1 Å². The van der Waals surface area contributed by atoms with Gasteiger partial charge in [0, 0.05) is 22.4 Å². The maximum Gasteiger partial charge on any atom is 0.341 e. The number of fused-ring (bicyclic) bond motifs is 1. The molecule has 1 atom stereocenters. The van der Waals surface area contributed by atoms with E-state index in [0.717, 1.165) is 27.6 Å². The summed E-state index contributed by atoms with van der Waals surface area (Å²) in [5.74, 6) is -0.847. The van der Waals surface area contributed by atoms with E-state index in [1.165, 1.54) is 11.3 Å². The minimum Gasteiger partial charge on any atom is -0.462 e. The van der Waals surface area contributed by atoms with Crippen LogP contribution in [0.5, 0.6) is 0 Å². The van der Waals surface area contributed by atoms with Crippen LogP contribution in [-0.4, -0.2) is 23.1 Å². The summed E-state index contributed by atoms with van der Waals surface area (Å²) in [4.78, 5) is 39.6. The average Bonchev–Trinajstić information content (AvgIpc) is 3.26. The Hall–Kier alpha value is -3.71. The van der Waals surface area contributed by atoms with Gasteiger partial charge in [-0.2, -0.15) is 0 Å². The Morgan fingerprint density at radius 3 is 2.46 bits per heavy atom. The molecule has 6 nitrogen and oxygen atoms in total. The van der Waals surface area contributed by atoms with Gasteiger partial charge in [-0.3, -0.25) is 14.2 Å². The lowest BCUT2D eigenvalue weighted by atomic mass is 10.0. The van der Waals surface area contributed by atoms with Crippen molar-refractivity contribution in [3.05, 3.63) is 87.0 Å². The maximum atomic E-state index is 13.6. The molecule has 0 aliphatic rings. The van der Waals surface area contributed by atoms with Gasteiger partial charge >= 0.3 is 5.97 Å². The molecule has 7 heteroatoms. The van der Waals surface area contributed by atoms with Crippen molar-refractivity contribution < 1.29 is 14.3 Å². The zero-order valence-electron chi connectivity index (χ0n) is 20.3. The molecule has 35 heavy (non-hydrogen) atoms. The largest absolute Gasteiger partial charge is 0.462 e. The van der Waals surface area contributed by atoms with Gasteiger partial charge in [-0.1, -0.05) is 55.5 Å². The number of pyridine rings is 1. The Bertz CT molecular complexity index is 1450. The molecule has 0 fully saturated rings. The van der Waals surface area contributed by atoms with Gasteiger partial charge in [-0.25, -0.2) is 4.79 Å². The Morgan fingerprint density at radius 2 is 1.77 bits per heavy atom. The first-order valence-electron chi connectivity index (χ1n) is 11.6. The lowest BCUT2D eigenvalue weighted by Gasteiger charge is -2.22. The normalized spacial score (nSPS) is 11.9. The molecular weight excluding hydrogens is 460 g/mol. The van der Waals surface area contributed by atoms with Gasteiger partial charge in [0.2, 0.25) is 5.91 Å². The number of hydrogen-bond acceptors (Lipinski definition) is 5. The number of aromatic nitrogens is 1. The Balaban J connectivity index is 1.78. The van der Waals surface area contributed by atoms with Crippen LogP contribution in [0, 0.1) is 13.8 Å². The van der Waals surface area contributed by atoms with Crippen molar-refractivity contribution in [3.8, 4) is 11.1 Å². The fourth-order valence-corrected chi connectivity index (χ4v) is 5.38. The summed E-state index contributed by atoms with van der Waals surface area (Å²) >= 11 is 1.27. The van der Waals surface area contributed by atoms with Crippen molar-refractivity contribution in [1.29, 1.82) is 0 Å². The third-order valence-corrected chi connectivity index (χ3v) is 6.97. The van der Waals surface area contributed by atoms with Crippen LogP contribution in [-0.2, 0) is 9.53 Å². The first kappa shape index (κ1) is 24.4. The van der Waals surface area contributed by atoms with Crippen molar-refractivity contribution in [2.45, 2.75) is 40.2 Å². The summed E-state index contributed by atoms with van der Waals surface area (Å²) in [6.45, 7) is 7.67. The monoisotopic (exact) mass is 488 g/mol. The fourth-order valence-electron chi connectivity index (χ4n) is 4.42. The van der Waals surface area contributed by atoms with Crippen LogP contribution in [0.15, 0.2) is 64.8 Å². The SMILES string of the molecule is CCOC(=O)c1c(-c2ccccc2)csc1NC(=O)C(CC)n1c(=O)cc(C)c2cccc(C)c21. The highest BCUT2D eigenvalue weighted by Crippen LogP contribution is 2.37. The molecule has 1 unspecified atom stereocenters. The molecule has 2 aromatic carbocycles. The number of hydrogen-bond donors (Lipinski definition) is 1. The fraction of sp³-hybridized carbons (Fsp3) is 0.250. The van der Waals surface area contributed by atoms with E-state index in [0.29, 0.717) is 22.5 Å². The summed E-state index contributed by atoms with van der Waals surface area (Å²) in [5, 5.41) is 6.12. The minimum atomic E-state index is -0.746. The topological polar surface area (TPSA) is 77.4 Å². The van der Waals surface area contributed by atoms with E-state index >= 15 is 0 Å². The highest BCUT2D eigenvalue weighted by atomic mass is 32.1. The molecular formula is C28H28N2O4S. The van der Waals surface area contributed by atoms with Crippen molar-refractivity contribution in [1.82, 2.24) is 4.57 Å². The van der Waals surface area contributed by atoms with Crippen molar-refractivity contribution in [2.24, 2.45) is 0 Å². The Morgan fingerprint density at radius 1 is 1.03 bits per heavy atom. The molecule has 1 N–H and O–H groups in total. The number of ether oxygens (including phenoxy) is 1. The van der Waals surface area contributed by atoms with Crippen LogP contribution in [0.4, 0.5) is 5.00 Å². The molecule has 0 saturated carbocycles. The standard InChI is InChI=1S/C28H28N2O4S/c1-5-22(30-23(31)15-18(4)20-14-10-11-17(3)25(20)30)26(32)29-27-24(28(33)34-6-2)21(16-35-27)19-12-8-7-9-13-19/h7-16,22H,5-6H2,1-4H3,(H,29,32). The summed E-state index contributed by atoms with van der Waals surface area (Å²) in [6.07, 6.45) is 0.407. The number of benzene rings is 2. The molecule has 2 aromatic heterocycles. The number of nitrogens with one attached hydrogen (secondary N) is 1. The second-order valence-electron chi connectivity index (χ2n) is 8.36. The van der Waals surface area contributed by atoms with E-state index in [1.54, 1.807) is 17.6 Å². The van der Waals surface area contributed by atoms with Crippen LogP contribution < -0.4 is 10.9 Å². The predicted octanol–water partition coefficient (Wildman–Crippen LogP) is 6.11. The highest BCUT2D eigenvalue weighted by Gasteiger charge is 2.27. The van der Waals surface area contributed by atoms with Crippen molar-refractivity contribution in [3.63, 3.8) is 0 Å². The lowest BCUT2D eigenvalue weighted by Crippen LogP contribution is -2.33. The first-order valence-corrected chi connectivity index (χ1v) is 12.5. The van der Waals surface area contributed by atoms with E-state index in [1.807, 2.05) is 74.7 Å². The van der Waals surface area contributed by atoms with Crippen LogP contribution >= 0.6 is 11.3 Å². The molecule has 0 bridgehead atoms. The van der Waals surface area contributed by atoms with E-state index in [9.17, 15) is 14.4 Å². The number of carbonyl (C=O) groups is 2. The highest BCUT2D eigenvalue weighted by molar-refractivity contribution is 7.15. The third kappa shape index (κ3) is 4.64. The van der Waals surface area contributed by atoms with E-state index in [4.69, 9.17) is 4.74 Å². The quantitative estimate of drug-likeness (QED) is 0.318.